The van der Waals surface area contributed by atoms with E-state index in [9.17, 15) is 14.4 Å². The molecule has 0 saturated heterocycles. The highest BCUT2D eigenvalue weighted by atomic mass is 32.2. The van der Waals surface area contributed by atoms with Crippen LogP contribution in [0.25, 0.3) is 22.4 Å². The third kappa shape index (κ3) is 4.06. The predicted molar refractivity (Wildman–Crippen MR) is 125 cm³/mol. The summed E-state index contributed by atoms with van der Waals surface area (Å²) in [5.74, 6) is -0.587. The highest BCUT2D eigenvalue weighted by Gasteiger charge is 2.24. The highest BCUT2D eigenvalue weighted by molar-refractivity contribution is 8.00. The average Bonchev–Trinajstić information content (AvgIpc) is 3.37. The summed E-state index contributed by atoms with van der Waals surface area (Å²) in [6.45, 7) is 1.82. The summed E-state index contributed by atoms with van der Waals surface area (Å²) in [5.41, 5.74) is 7.26. The van der Waals surface area contributed by atoms with Gasteiger partial charge in [0, 0.05) is 15.8 Å². The van der Waals surface area contributed by atoms with Crippen LogP contribution in [0, 0.1) is 0 Å². The minimum absolute atomic E-state index is 0.115. The Balaban J connectivity index is 1.37. The van der Waals surface area contributed by atoms with Crippen molar-refractivity contribution in [3.05, 3.63) is 78.1 Å². The summed E-state index contributed by atoms with van der Waals surface area (Å²) in [4.78, 5) is 43.0. The van der Waals surface area contributed by atoms with Crippen LogP contribution < -0.4 is 16.2 Å². The van der Waals surface area contributed by atoms with E-state index in [1.165, 1.54) is 18.0 Å². The fourth-order valence-electron chi connectivity index (χ4n) is 3.52. The number of amides is 3. The largest absolute Gasteiger partial charge is 0.463 e. The van der Waals surface area contributed by atoms with Gasteiger partial charge in [-0.05, 0) is 49.4 Å². The van der Waals surface area contributed by atoms with Crippen LogP contribution in [0.15, 0.2) is 76.2 Å². The summed E-state index contributed by atoms with van der Waals surface area (Å²) >= 11 is 1.43. The molecule has 1 aliphatic rings. The molecule has 2 aromatic heterocycles. The molecule has 8 nitrogen and oxygen atoms in total. The van der Waals surface area contributed by atoms with Gasteiger partial charge >= 0.3 is 0 Å². The number of anilines is 1. The minimum Gasteiger partial charge on any atom is -0.463 e. The molecule has 3 heterocycles. The molecule has 3 amide bonds. The molecule has 0 saturated carbocycles. The van der Waals surface area contributed by atoms with Crippen LogP contribution in [0.5, 0.6) is 0 Å². The van der Waals surface area contributed by atoms with E-state index in [2.05, 4.69) is 21.2 Å². The second kappa shape index (κ2) is 8.44. The van der Waals surface area contributed by atoms with Gasteiger partial charge < -0.3 is 9.73 Å². The molecule has 164 valence electrons. The molecule has 1 atom stereocenters. The van der Waals surface area contributed by atoms with Gasteiger partial charge in [-0.2, -0.15) is 0 Å². The number of para-hydroxylation sites is 1. The van der Waals surface area contributed by atoms with Gasteiger partial charge in [0.25, 0.3) is 11.8 Å². The number of furan rings is 1. The van der Waals surface area contributed by atoms with E-state index in [0.29, 0.717) is 39.2 Å². The van der Waals surface area contributed by atoms with Crippen LogP contribution in [0.3, 0.4) is 0 Å². The lowest BCUT2D eigenvalue weighted by Crippen LogP contribution is -2.41. The molecule has 0 spiro atoms. The lowest BCUT2D eigenvalue weighted by molar-refractivity contribution is -0.115. The van der Waals surface area contributed by atoms with Gasteiger partial charge in [0.1, 0.15) is 5.69 Å². The van der Waals surface area contributed by atoms with Crippen molar-refractivity contribution >= 4 is 46.1 Å². The second-order valence-corrected chi connectivity index (χ2v) is 8.80. The van der Waals surface area contributed by atoms with E-state index in [1.807, 2.05) is 19.1 Å². The van der Waals surface area contributed by atoms with Crippen LogP contribution >= 0.6 is 11.8 Å². The number of hydrazine groups is 1. The molecule has 0 fully saturated rings. The molecule has 4 aromatic rings. The molecule has 1 unspecified atom stereocenters. The number of nitrogens with one attached hydrogen (secondary N) is 3. The van der Waals surface area contributed by atoms with Gasteiger partial charge in [-0.3, -0.25) is 25.2 Å². The normalized spacial score (nSPS) is 14.9. The van der Waals surface area contributed by atoms with E-state index in [-0.39, 0.29) is 11.2 Å². The number of aromatic nitrogens is 1. The lowest BCUT2D eigenvalue weighted by atomic mass is 10.1. The van der Waals surface area contributed by atoms with Crippen molar-refractivity contribution in [3.63, 3.8) is 0 Å². The smallest absolute Gasteiger partial charge is 0.270 e. The molecule has 0 radical (unpaired) electrons. The zero-order valence-corrected chi connectivity index (χ0v) is 18.2. The number of benzene rings is 2. The van der Waals surface area contributed by atoms with Gasteiger partial charge in [-0.25, -0.2) is 4.98 Å². The first-order valence-electron chi connectivity index (χ1n) is 10.2. The van der Waals surface area contributed by atoms with E-state index < -0.39 is 11.8 Å². The molecular weight excluding hydrogens is 440 g/mol. The summed E-state index contributed by atoms with van der Waals surface area (Å²) in [6.07, 6.45) is 1.53. The van der Waals surface area contributed by atoms with Gasteiger partial charge in [-0.15, -0.1) is 11.8 Å². The first-order valence-corrected chi connectivity index (χ1v) is 11.0. The Bertz CT molecular complexity index is 1400. The number of fused-ring (bicyclic) bond motifs is 2. The van der Waals surface area contributed by atoms with Crippen molar-refractivity contribution in [2.45, 2.75) is 17.1 Å². The summed E-state index contributed by atoms with van der Waals surface area (Å²) in [5, 5.41) is 3.24. The lowest BCUT2D eigenvalue weighted by Gasteiger charge is -2.21. The number of nitrogens with zero attached hydrogens (tertiary/aromatic N) is 1. The summed E-state index contributed by atoms with van der Waals surface area (Å²) in [7, 11) is 0. The van der Waals surface area contributed by atoms with Crippen molar-refractivity contribution in [2.24, 2.45) is 0 Å². The fraction of sp³-hybridized carbons (Fsp3) is 0.0833. The van der Waals surface area contributed by atoms with Gasteiger partial charge in [0.2, 0.25) is 5.91 Å². The van der Waals surface area contributed by atoms with Crippen molar-refractivity contribution in [1.82, 2.24) is 15.8 Å². The molecule has 1 aliphatic heterocycles. The quantitative estimate of drug-likeness (QED) is 0.400. The Kier molecular flexibility index (Phi) is 5.31. The molecule has 2 aromatic carbocycles. The van der Waals surface area contributed by atoms with E-state index in [1.54, 1.807) is 48.5 Å². The summed E-state index contributed by atoms with van der Waals surface area (Å²) in [6, 6.07) is 17.4. The van der Waals surface area contributed by atoms with Gasteiger partial charge in [-0.1, -0.05) is 18.2 Å². The number of rotatable bonds is 3. The van der Waals surface area contributed by atoms with Crippen LogP contribution in [0.4, 0.5) is 5.69 Å². The maximum absolute atomic E-state index is 13.0. The maximum Gasteiger partial charge on any atom is 0.270 e. The standard InChI is InChI=1S/C24H18N4O4S/c1-13-22(29)26-19-11-14(8-9-21(19)33-13)23(30)27-28-24(31)16-12-18(20-7-4-10-32-20)25-17-6-3-2-5-15(16)17/h2-13H,1H3,(H,26,29)(H,27,30)(H,28,31). The number of hydrogen-bond donors (Lipinski definition) is 3. The summed E-state index contributed by atoms with van der Waals surface area (Å²) < 4.78 is 5.42. The zero-order valence-electron chi connectivity index (χ0n) is 17.4. The Morgan fingerprint density at radius 3 is 2.67 bits per heavy atom. The van der Waals surface area contributed by atoms with Gasteiger partial charge in [0.15, 0.2) is 5.76 Å². The Labute approximate surface area is 192 Å². The van der Waals surface area contributed by atoms with Crippen molar-refractivity contribution in [1.29, 1.82) is 0 Å². The highest BCUT2D eigenvalue weighted by Crippen LogP contribution is 2.35. The monoisotopic (exact) mass is 458 g/mol. The molecule has 0 aliphatic carbocycles. The van der Waals surface area contributed by atoms with Gasteiger partial charge in [0.05, 0.1) is 28.3 Å². The first-order chi connectivity index (χ1) is 16.0. The number of carbonyl (C=O) groups is 3. The topological polar surface area (TPSA) is 113 Å². The van der Waals surface area contributed by atoms with E-state index >= 15 is 0 Å². The predicted octanol–water partition coefficient (Wildman–Crippen LogP) is 4.00. The Hall–Kier alpha value is -4.11. The van der Waals surface area contributed by atoms with Crippen LogP contribution in [-0.2, 0) is 4.79 Å². The third-order valence-corrected chi connectivity index (χ3v) is 6.37. The fourth-order valence-corrected chi connectivity index (χ4v) is 4.45. The molecule has 3 N–H and O–H groups in total. The van der Waals surface area contributed by atoms with Crippen molar-refractivity contribution < 1.29 is 18.8 Å². The van der Waals surface area contributed by atoms with Crippen LogP contribution in [0.1, 0.15) is 27.6 Å². The number of thioether (sulfide) groups is 1. The van der Waals surface area contributed by atoms with E-state index in [4.69, 9.17) is 4.42 Å². The third-order valence-electron chi connectivity index (χ3n) is 5.20. The number of carbonyl (C=O) groups excluding carboxylic acids is 3. The maximum atomic E-state index is 13.0. The number of pyridine rings is 1. The first kappa shape index (κ1) is 20.8. The molecule has 5 rings (SSSR count). The number of hydrogen-bond acceptors (Lipinski definition) is 6. The molecular formula is C24H18N4O4S. The molecule has 33 heavy (non-hydrogen) atoms. The van der Waals surface area contributed by atoms with Crippen LogP contribution in [0.2, 0.25) is 0 Å². The second-order valence-electron chi connectivity index (χ2n) is 7.42. The molecule has 9 heteroatoms. The van der Waals surface area contributed by atoms with E-state index in [0.717, 1.165) is 4.90 Å². The Morgan fingerprint density at radius 2 is 1.85 bits per heavy atom. The Morgan fingerprint density at radius 1 is 1.03 bits per heavy atom. The zero-order chi connectivity index (χ0) is 22.9. The SMILES string of the molecule is CC1Sc2ccc(C(=O)NNC(=O)c3cc(-c4ccco4)nc4ccccc34)cc2NC1=O. The van der Waals surface area contributed by atoms with Crippen molar-refractivity contribution in [3.8, 4) is 11.5 Å². The van der Waals surface area contributed by atoms with Crippen LogP contribution in [-0.4, -0.2) is 28.0 Å². The van der Waals surface area contributed by atoms with Crippen molar-refractivity contribution in [2.75, 3.05) is 5.32 Å². The minimum atomic E-state index is -0.506. The average molecular weight is 458 g/mol. The molecule has 0 bridgehead atoms.